The number of halogens is 1. The maximum Gasteiger partial charge on any atom is 0.230 e. The smallest absolute Gasteiger partial charge is 0.230 e. The number of nitrogens with zero attached hydrogens (tertiary/aromatic N) is 2. The molecule has 130 valence electrons. The van der Waals surface area contributed by atoms with Gasteiger partial charge in [-0.2, -0.15) is 0 Å². The molecule has 0 aromatic heterocycles. The van der Waals surface area contributed by atoms with Gasteiger partial charge < -0.3 is 14.5 Å². The molecule has 24 heavy (non-hydrogen) atoms. The number of hydrogen-bond donors (Lipinski definition) is 0. The molecule has 1 spiro atoms. The predicted octanol–water partition coefficient (Wildman–Crippen LogP) is 2.20. The number of piperidine rings is 1. The van der Waals surface area contributed by atoms with Gasteiger partial charge in [-0.05, 0) is 37.5 Å². The zero-order chi connectivity index (χ0) is 17.3. The van der Waals surface area contributed by atoms with Gasteiger partial charge in [0, 0.05) is 38.7 Å². The van der Waals surface area contributed by atoms with Crippen LogP contribution in [0, 0.1) is 11.2 Å². The Balaban J connectivity index is 1.78. The molecule has 6 heteroatoms. The fraction of sp³-hybridized carbons (Fsp3) is 0.556. The van der Waals surface area contributed by atoms with E-state index in [9.17, 15) is 14.0 Å². The third-order valence-electron chi connectivity index (χ3n) is 5.24. The highest BCUT2D eigenvalue weighted by molar-refractivity contribution is 5.85. The molecule has 3 rings (SSSR count). The van der Waals surface area contributed by atoms with E-state index in [-0.39, 0.29) is 24.2 Å². The van der Waals surface area contributed by atoms with Crippen LogP contribution in [0.3, 0.4) is 0 Å². The lowest BCUT2D eigenvalue weighted by atomic mass is 9.78. The number of carbonyl (C=O) groups is 2. The van der Waals surface area contributed by atoms with Crippen LogP contribution in [0.2, 0.25) is 0 Å². The maximum atomic E-state index is 14.1. The molecule has 0 aliphatic carbocycles. The van der Waals surface area contributed by atoms with E-state index in [4.69, 9.17) is 4.74 Å². The third-order valence-corrected chi connectivity index (χ3v) is 5.24. The molecule has 0 N–H and O–H groups in total. The van der Waals surface area contributed by atoms with E-state index in [0.29, 0.717) is 37.4 Å². The Morgan fingerprint density at radius 2 is 2.12 bits per heavy atom. The first-order valence-electron chi connectivity index (χ1n) is 8.32. The number of hydrogen-bond acceptors (Lipinski definition) is 3. The second-order valence-corrected chi connectivity index (χ2v) is 6.76. The number of ether oxygens (including phenoxy) is 1. The highest BCUT2D eigenvalue weighted by Crippen LogP contribution is 2.40. The third kappa shape index (κ3) is 2.97. The summed E-state index contributed by atoms with van der Waals surface area (Å²) >= 11 is 0. The minimum absolute atomic E-state index is 0.00985. The molecule has 2 aliphatic rings. The summed E-state index contributed by atoms with van der Waals surface area (Å²) in [5, 5.41) is 0. The van der Waals surface area contributed by atoms with Gasteiger partial charge in [0.2, 0.25) is 11.8 Å². The fourth-order valence-corrected chi connectivity index (χ4v) is 3.83. The monoisotopic (exact) mass is 334 g/mol. The van der Waals surface area contributed by atoms with Crippen LogP contribution in [0.15, 0.2) is 18.2 Å². The van der Waals surface area contributed by atoms with Gasteiger partial charge in [-0.3, -0.25) is 9.59 Å². The molecular formula is C18H23FN2O3. The summed E-state index contributed by atoms with van der Waals surface area (Å²) in [7, 11) is 1.53. The number of likely N-dealkylation sites (tertiary alicyclic amines) is 2. The topological polar surface area (TPSA) is 49.9 Å². The summed E-state index contributed by atoms with van der Waals surface area (Å²) in [5.41, 5.74) is -0.0274. The zero-order valence-electron chi connectivity index (χ0n) is 14.2. The molecule has 0 bridgehead atoms. The van der Waals surface area contributed by atoms with Crippen molar-refractivity contribution in [3.63, 3.8) is 0 Å². The summed E-state index contributed by atoms with van der Waals surface area (Å²) in [6.45, 7) is 3.51. The van der Waals surface area contributed by atoms with E-state index in [1.165, 1.54) is 20.1 Å². The van der Waals surface area contributed by atoms with Crippen LogP contribution in [0.4, 0.5) is 4.39 Å². The van der Waals surface area contributed by atoms with Crippen molar-refractivity contribution in [2.75, 3.05) is 26.7 Å². The van der Waals surface area contributed by atoms with Crippen LogP contribution in [-0.2, 0) is 16.1 Å². The highest BCUT2D eigenvalue weighted by atomic mass is 19.1. The van der Waals surface area contributed by atoms with E-state index in [1.54, 1.807) is 21.9 Å². The Morgan fingerprint density at radius 3 is 2.79 bits per heavy atom. The molecular weight excluding hydrogens is 311 g/mol. The van der Waals surface area contributed by atoms with Crippen molar-refractivity contribution >= 4 is 11.8 Å². The van der Waals surface area contributed by atoms with Crippen LogP contribution in [0.5, 0.6) is 5.75 Å². The Kier molecular flexibility index (Phi) is 4.47. The van der Waals surface area contributed by atoms with Crippen molar-refractivity contribution in [3.05, 3.63) is 29.6 Å². The molecule has 0 saturated carbocycles. The first-order valence-corrected chi connectivity index (χ1v) is 8.32. The van der Waals surface area contributed by atoms with Crippen LogP contribution in [0.1, 0.15) is 31.7 Å². The molecule has 2 saturated heterocycles. The van der Waals surface area contributed by atoms with Gasteiger partial charge in [-0.1, -0.05) is 0 Å². The van der Waals surface area contributed by atoms with Gasteiger partial charge in [-0.15, -0.1) is 0 Å². The minimum Gasteiger partial charge on any atom is -0.497 e. The molecule has 2 amide bonds. The molecule has 2 fully saturated rings. The first-order chi connectivity index (χ1) is 11.4. The molecule has 1 aromatic carbocycles. The van der Waals surface area contributed by atoms with Crippen molar-refractivity contribution in [1.82, 2.24) is 9.80 Å². The largest absolute Gasteiger partial charge is 0.497 e. The average Bonchev–Trinajstić information content (AvgIpc) is 2.99. The first kappa shape index (κ1) is 16.7. The lowest BCUT2D eigenvalue weighted by molar-refractivity contribution is -0.146. The minimum atomic E-state index is -0.487. The van der Waals surface area contributed by atoms with Crippen molar-refractivity contribution in [2.45, 2.75) is 32.7 Å². The van der Waals surface area contributed by atoms with Gasteiger partial charge in [0.25, 0.3) is 0 Å². The van der Waals surface area contributed by atoms with Crippen LogP contribution < -0.4 is 4.74 Å². The number of amides is 2. The molecule has 1 unspecified atom stereocenters. The molecule has 1 atom stereocenters. The maximum absolute atomic E-state index is 14.1. The van der Waals surface area contributed by atoms with E-state index in [2.05, 4.69) is 0 Å². The molecule has 5 nitrogen and oxygen atoms in total. The van der Waals surface area contributed by atoms with E-state index in [0.717, 1.165) is 12.8 Å². The van der Waals surface area contributed by atoms with Crippen molar-refractivity contribution in [3.8, 4) is 5.75 Å². The zero-order valence-corrected chi connectivity index (χ0v) is 14.2. The predicted molar refractivity (Wildman–Crippen MR) is 86.9 cm³/mol. The summed E-state index contributed by atoms with van der Waals surface area (Å²) in [6, 6.07) is 4.58. The van der Waals surface area contributed by atoms with Gasteiger partial charge in [0.15, 0.2) is 0 Å². The molecule has 0 radical (unpaired) electrons. The van der Waals surface area contributed by atoms with Gasteiger partial charge in [-0.25, -0.2) is 4.39 Å². The Morgan fingerprint density at radius 1 is 1.33 bits per heavy atom. The van der Waals surface area contributed by atoms with E-state index < -0.39 is 5.41 Å². The summed E-state index contributed by atoms with van der Waals surface area (Å²) in [6.07, 6.45) is 2.37. The van der Waals surface area contributed by atoms with Crippen molar-refractivity contribution in [1.29, 1.82) is 0 Å². The average molecular weight is 334 g/mol. The summed E-state index contributed by atoms with van der Waals surface area (Å²) < 4.78 is 19.2. The van der Waals surface area contributed by atoms with Gasteiger partial charge in [0.05, 0.1) is 12.5 Å². The van der Waals surface area contributed by atoms with Crippen molar-refractivity contribution < 1.29 is 18.7 Å². The van der Waals surface area contributed by atoms with Crippen LogP contribution in [-0.4, -0.2) is 48.4 Å². The normalized spacial score (nSPS) is 23.9. The van der Waals surface area contributed by atoms with Crippen LogP contribution >= 0.6 is 0 Å². The van der Waals surface area contributed by atoms with E-state index in [1.807, 2.05) is 0 Å². The summed E-state index contributed by atoms with van der Waals surface area (Å²) in [4.78, 5) is 28.1. The highest BCUT2D eigenvalue weighted by Gasteiger charge is 2.48. The standard InChI is InChI=1S/C18H23FN2O3/c1-13(22)21-9-7-18(12-21)6-3-8-20(17(18)23)11-14-10-15(24-2)4-5-16(14)19/h4-5,10H,3,6-9,11-12H2,1-2H3. The molecule has 2 aliphatic heterocycles. The lowest BCUT2D eigenvalue weighted by Crippen LogP contribution is -2.50. The summed E-state index contributed by atoms with van der Waals surface area (Å²) in [5.74, 6) is 0.296. The van der Waals surface area contributed by atoms with Crippen molar-refractivity contribution in [2.24, 2.45) is 5.41 Å². The van der Waals surface area contributed by atoms with Gasteiger partial charge in [0.1, 0.15) is 11.6 Å². The Bertz CT molecular complexity index is 664. The lowest BCUT2D eigenvalue weighted by Gasteiger charge is -2.39. The number of benzene rings is 1. The van der Waals surface area contributed by atoms with Crippen LogP contribution in [0.25, 0.3) is 0 Å². The molecule has 2 heterocycles. The number of carbonyl (C=O) groups excluding carboxylic acids is 2. The number of methoxy groups -OCH3 is 1. The Hall–Kier alpha value is -2.11. The SMILES string of the molecule is COc1ccc(F)c(CN2CCCC3(CCN(C(C)=O)C3)C2=O)c1. The quantitative estimate of drug-likeness (QED) is 0.851. The molecule has 1 aromatic rings. The number of rotatable bonds is 3. The second kappa shape index (κ2) is 6.42. The van der Waals surface area contributed by atoms with E-state index >= 15 is 0 Å². The second-order valence-electron chi connectivity index (χ2n) is 6.76. The fourth-order valence-electron chi connectivity index (χ4n) is 3.83. The van der Waals surface area contributed by atoms with Gasteiger partial charge >= 0.3 is 0 Å². The Labute approximate surface area is 141 Å².